The Bertz CT molecular complexity index is 64.9. The van der Waals surface area contributed by atoms with Gasteiger partial charge in [0.15, 0.2) is 0 Å². The van der Waals surface area contributed by atoms with Crippen molar-refractivity contribution in [3.63, 3.8) is 0 Å². The zero-order valence-electron chi connectivity index (χ0n) is 5.35. The molecule has 1 rings (SSSR count). The van der Waals surface area contributed by atoms with Crippen molar-refractivity contribution in [1.29, 1.82) is 0 Å². The summed E-state index contributed by atoms with van der Waals surface area (Å²) >= 11 is 0. The highest BCUT2D eigenvalue weighted by atomic mass is 14.9. The molecule has 0 aromatic carbocycles. The van der Waals surface area contributed by atoms with E-state index >= 15 is 0 Å². The third-order valence-corrected chi connectivity index (χ3v) is 1.60. The zero-order valence-corrected chi connectivity index (χ0v) is 5.35. The molecule has 0 spiro atoms. The summed E-state index contributed by atoms with van der Waals surface area (Å²) < 4.78 is 0. The normalized spacial score (nSPS) is 39.8. The molecule has 3 N–H and O–H groups in total. The fourth-order valence-corrected chi connectivity index (χ4v) is 1.20. The predicted octanol–water partition coefficient (Wildman–Crippen LogP) is -0.0569. The average molecular weight is 114 g/mol. The van der Waals surface area contributed by atoms with Gasteiger partial charge in [-0.1, -0.05) is 6.92 Å². The highest BCUT2D eigenvalue weighted by molar-refractivity contribution is 4.75. The first-order chi connectivity index (χ1) is 3.79. The molecule has 1 saturated heterocycles. The van der Waals surface area contributed by atoms with Crippen LogP contribution in [0.15, 0.2) is 0 Å². The van der Waals surface area contributed by atoms with E-state index in [2.05, 4.69) is 12.2 Å². The number of hydrogen-bond donors (Lipinski definition) is 2. The zero-order chi connectivity index (χ0) is 5.98. The Morgan fingerprint density at radius 3 is 2.62 bits per heavy atom. The van der Waals surface area contributed by atoms with E-state index in [1.165, 1.54) is 6.42 Å². The van der Waals surface area contributed by atoms with Gasteiger partial charge < -0.3 is 11.1 Å². The Labute approximate surface area is 50.4 Å². The topological polar surface area (TPSA) is 38.0 Å². The summed E-state index contributed by atoms with van der Waals surface area (Å²) in [5.74, 6) is 0.777. The van der Waals surface area contributed by atoms with Gasteiger partial charge in [-0.05, 0) is 18.9 Å². The van der Waals surface area contributed by atoms with Crippen molar-refractivity contribution in [2.45, 2.75) is 19.4 Å². The summed E-state index contributed by atoms with van der Waals surface area (Å²) in [6, 6.07) is 0.402. The molecule has 0 aromatic rings. The fraction of sp³-hybridized carbons (Fsp3) is 1.00. The molecule has 0 amide bonds. The van der Waals surface area contributed by atoms with Crippen LogP contribution in [0.3, 0.4) is 0 Å². The van der Waals surface area contributed by atoms with Gasteiger partial charge in [0, 0.05) is 12.6 Å². The molecular formula is C6H14N2. The first-order valence-electron chi connectivity index (χ1n) is 3.25. The Balaban J connectivity index is 2.23. The van der Waals surface area contributed by atoms with E-state index in [1.54, 1.807) is 0 Å². The predicted molar refractivity (Wildman–Crippen MR) is 34.6 cm³/mol. The summed E-state index contributed by atoms with van der Waals surface area (Å²) in [4.78, 5) is 0. The van der Waals surface area contributed by atoms with Crippen LogP contribution in [0.1, 0.15) is 13.3 Å². The maximum absolute atomic E-state index is 5.66. The first kappa shape index (κ1) is 6.05. The molecule has 2 atom stereocenters. The van der Waals surface area contributed by atoms with Crippen molar-refractivity contribution in [3.8, 4) is 0 Å². The molecule has 0 bridgehead atoms. The largest absolute Gasteiger partial charge is 0.327 e. The van der Waals surface area contributed by atoms with Crippen molar-refractivity contribution < 1.29 is 0 Å². The standard InChI is InChI=1S/C6H14N2/c1-5-2-6(7)4-8-3-5/h5-6,8H,2-4,7H2,1H3/t5-,6-/m1/s1. The van der Waals surface area contributed by atoms with Crippen LogP contribution in [-0.2, 0) is 0 Å². The van der Waals surface area contributed by atoms with Crippen LogP contribution in [0.5, 0.6) is 0 Å². The number of nitrogens with one attached hydrogen (secondary N) is 1. The summed E-state index contributed by atoms with van der Waals surface area (Å²) in [5.41, 5.74) is 5.66. The van der Waals surface area contributed by atoms with E-state index in [9.17, 15) is 0 Å². The van der Waals surface area contributed by atoms with Crippen molar-refractivity contribution in [3.05, 3.63) is 0 Å². The lowest BCUT2D eigenvalue weighted by Crippen LogP contribution is -2.43. The molecule has 1 aliphatic heterocycles. The molecule has 48 valence electrons. The lowest BCUT2D eigenvalue weighted by Gasteiger charge is -2.24. The van der Waals surface area contributed by atoms with Gasteiger partial charge in [0.1, 0.15) is 0 Å². The Kier molecular flexibility index (Phi) is 1.86. The van der Waals surface area contributed by atoms with E-state index in [0.717, 1.165) is 19.0 Å². The third kappa shape index (κ3) is 1.46. The van der Waals surface area contributed by atoms with Gasteiger partial charge in [-0.25, -0.2) is 0 Å². The Morgan fingerprint density at radius 1 is 1.50 bits per heavy atom. The molecule has 0 aromatic heterocycles. The van der Waals surface area contributed by atoms with Gasteiger partial charge >= 0.3 is 0 Å². The van der Waals surface area contributed by atoms with Crippen LogP contribution in [0, 0.1) is 5.92 Å². The second-order valence-corrected chi connectivity index (χ2v) is 2.76. The highest BCUT2D eigenvalue weighted by Gasteiger charge is 2.13. The maximum Gasteiger partial charge on any atom is 0.0168 e. The monoisotopic (exact) mass is 114 g/mol. The molecule has 1 heterocycles. The average Bonchev–Trinajstić information content (AvgIpc) is 1.64. The summed E-state index contributed by atoms with van der Waals surface area (Å²) in [7, 11) is 0. The molecule has 1 aliphatic rings. The molecule has 2 heteroatoms. The molecule has 0 aliphatic carbocycles. The smallest absolute Gasteiger partial charge is 0.0168 e. The van der Waals surface area contributed by atoms with Crippen LogP contribution in [0.4, 0.5) is 0 Å². The number of nitrogens with two attached hydrogens (primary N) is 1. The van der Waals surface area contributed by atoms with E-state index in [-0.39, 0.29) is 0 Å². The molecule has 8 heavy (non-hydrogen) atoms. The minimum absolute atomic E-state index is 0.402. The quantitative estimate of drug-likeness (QED) is 0.463. The molecule has 0 unspecified atom stereocenters. The molecule has 0 saturated carbocycles. The minimum atomic E-state index is 0.402. The van der Waals surface area contributed by atoms with Gasteiger partial charge in [-0.15, -0.1) is 0 Å². The molecular weight excluding hydrogens is 100 g/mol. The lowest BCUT2D eigenvalue weighted by molar-refractivity contribution is 0.364. The highest BCUT2D eigenvalue weighted by Crippen LogP contribution is 2.06. The van der Waals surface area contributed by atoms with Crippen LogP contribution in [0.25, 0.3) is 0 Å². The van der Waals surface area contributed by atoms with Crippen LogP contribution >= 0.6 is 0 Å². The van der Waals surface area contributed by atoms with Gasteiger partial charge in [-0.2, -0.15) is 0 Å². The molecule has 1 fully saturated rings. The van der Waals surface area contributed by atoms with Crippen molar-refractivity contribution in [2.24, 2.45) is 11.7 Å². The van der Waals surface area contributed by atoms with E-state index in [1.807, 2.05) is 0 Å². The van der Waals surface area contributed by atoms with Gasteiger partial charge in [0.25, 0.3) is 0 Å². The van der Waals surface area contributed by atoms with Crippen molar-refractivity contribution in [2.75, 3.05) is 13.1 Å². The van der Waals surface area contributed by atoms with Gasteiger partial charge in [0.05, 0.1) is 0 Å². The second kappa shape index (κ2) is 2.46. The Morgan fingerprint density at radius 2 is 2.25 bits per heavy atom. The maximum atomic E-state index is 5.66. The van der Waals surface area contributed by atoms with Crippen molar-refractivity contribution in [1.82, 2.24) is 5.32 Å². The summed E-state index contributed by atoms with van der Waals surface area (Å²) in [5, 5.41) is 3.26. The van der Waals surface area contributed by atoms with E-state index in [4.69, 9.17) is 5.73 Å². The molecule has 2 nitrogen and oxygen atoms in total. The molecule has 0 radical (unpaired) electrons. The van der Waals surface area contributed by atoms with Crippen LogP contribution in [0.2, 0.25) is 0 Å². The minimum Gasteiger partial charge on any atom is -0.327 e. The summed E-state index contributed by atoms with van der Waals surface area (Å²) in [6.45, 7) is 4.38. The fourth-order valence-electron chi connectivity index (χ4n) is 1.20. The Hall–Kier alpha value is -0.0800. The number of hydrogen-bond acceptors (Lipinski definition) is 2. The SMILES string of the molecule is C[C@H]1CNC[C@H](N)C1. The first-order valence-corrected chi connectivity index (χ1v) is 3.25. The van der Waals surface area contributed by atoms with Crippen molar-refractivity contribution >= 4 is 0 Å². The van der Waals surface area contributed by atoms with E-state index < -0.39 is 0 Å². The lowest BCUT2D eigenvalue weighted by atomic mass is 9.99. The number of rotatable bonds is 0. The third-order valence-electron chi connectivity index (χ3n) is 1.60. The summed E-state index contributed by atoms with van der Waals surface area (Å²) in [6.07, 6.45) is 1.19. The van der Waals surface area contributed by atoms with Crippen LogP contribution < -0.4 is 11.1 Å². The van der Waals surface area contributed by atoms with Gasteiger partial charge in [-0.3, -0.25) is 0 Å². The second-order valence-electron chi connectivity index (χ2n) is 2.76. The van der Waals surface area contributed by atoms with Crippen LogP contribution in [-0.4, -0.2) is 19.1 Å². The van der Waals surface area contributed by atoms with Gasteiger partial charge in [0.2, 0.25) is 0 Å². The number of piperidine rings is 1. The van der Waals surface area contributed by atoms with E-state index in [0.29, 0.717) is 6.04 Å².